The molecule has 0 spiro atoms. The largest absolute Gasteiger partial charge is 0.494 e. The van der Waals surface area contributed by atoms with Gasteiger partial charge in [0.25, 0.3) is 0 Å². The highest BCUT2D eigenvalue weighted by Crippen LogP contribution is 2.35. The molecule has 3 rings (SSSR count). The molecular formula is C22H24ClN3O3S. The summed E-state index contributed by atoms with van der Waals surface area (Å²) in [5.41, 5.74) is 4.47. The summed E-state index contributed by atoms with van der Waals surface area (Å²) in [6.45, 7) is 5.94. The van der Waals surface area contributed by atoms with E-state index in [0.29, 0.717) is 21.6 Å². The van der Waals surface area contributed by atoms with Crippen molar-refractivity contribution in [2.45, 2.75) is 32.4 Å². The number of amidine groups is 1. The Morgan fingerprint density at radius 1 is 1.23 bits per heavy atom. The first-order valence-electron chi connectivity index (χ1n) is 9.43. The molecule has 158 valence electrons. The standard InChI is InChI=1S/C22H24ClN3O3S/c1-12-8-13(2)20(14(3)9-12)25-19(27)11-18-21(28)26(4)22(30-18)24-16-10-15(23)6-7-17(16)29-5/h6-10,18H,11H2,1-5H3,(H,25,27)/t18-/m1/s1. The topological polar surface area (TPSA) is 71.0 Å². The normalized spacial score (nSPS) is 17.5. The van der Waals surface area contributed by atoms with Gasteiger partial charge in [-0.15, -0.1) is 0 Å². The van der Waals surface area contributed by atoms with E-state index in [1.54, 1.807) is 32.4 Å². The number of carbonyl (C=O) groups excluding carboxylic acids is 2. The summed E-state index contributed by atoms with van der Waals surface area (Å²) in [6.07, 6.45) is 0.0618. The van der Waals surface area contributed by atoms with Crippen LogP contribution in [0.3, 0.4) is 0 Å². The summed E-state index contributed by atoms with van der Waals surface area (Å²) in [5.74, 6) is 0.193. The van der Waals surface area contributed by atoms with Gasteiger partial charge in [-0.2, -0.15) is 0 Å². The third-order valence-corrected chi connectivity index (χ3v) is 6.27. The van der Waals surface area contributed by atoms with E-state index in [4.69, 9.17) is 16.3 Å². The van der Waals surface area contributed by atoms with Crippen LogP contribution < -0.4 is 10.1 Å². The van der Waals surface area contributed by atoms with E-state index in [0.717, 1.165) is 22.4 Å². The molecule has 1 saturated heterocycles. The van der Waals surface area contributed by atoms with E-state index < -0.39 is 5.25 Å². The Balaban J connectivity index is 1.75. The fourth-order valence-electron chi connectivity index (χ4n) is 3.39. The second-order valence-corrected chi connectivity index (χ2v) is 8.85. The van der Waals surface area contributed by atoms with E-state index in [-0.39, 0.29) is 18.2 Å². The summed E-state index contributed by atoms with van der Waals surface area (Å²) in [4.78, 5) is 31.3. The van der Waals surface area contributed by atoms with Gasteiger partial charge in [-0.3, -0.25) is 14.5 Å². The van der Waals surface area contributed by atoms with E-state index in [2.05, 4.69) is 10.3 Å². The maximum atomic E-state index is 12.7. The van der Waals surface area contributed by atoms with Gasteiger partial charge in [-0.1, -0.05) is 41.1 Å². The Morgan fingerprint density at radius 3 is 2.53 bits per heavy atom. The predicted octanol–water partition coefficient (Wildman–Crippen LogP) is 4.86. The molecule has 0 bridgehead atoms. The molecule has 1 heterocycles. The number of anilines is 1. The SMILES string of the molecule is COc1ccc(Cl)cc1N=C1S[C@H](CC(=O)Nc2c(C)cc(C)cc2C)C(=O)N1C. The summed E-state index contributed by atoms with van der Waals surface area (Å²) in [5, 5.41) is 3.44. The molecule has 2 aromatic carbocycles. The molecule has 1 fully saturated rings. The number of hydrogen-bond donors (Lipinski definition) is 1. The first-order chi connectivity index (χ1) is 14.2. The fraction of sp³-hybridized carbons (Fsp3) is 0.318. The number of rotatable bonds is 5. The van der Waals surface area contributed by atoms with Crippen LogP contribution in [-0.4, -0.2) is 41.3 Å². The molecule has 6 nitrogen and oxygen atoms in total. The smallest absolute Gasteiger partial charge is 0.242 e. The predicted molar refractivity (Wildman–Crippen MR) is 123 cm³/mol. The number of aryl methyl sites for hydroxylation is 3. The van der Waals surface area contributed by atoms with Crippen molar-refractivity contribution in [3.8, 4) is 5.75 Å². The monoisotopic (exact) mass is 445 g/mol. The zero-order valence-corrected chi connectivity index (χ0v) is 19.1. The maximum Gasteiger partial charge on any atom is 0.242 e. The number of thioether (sulfide) groups is 1. The van der Waals surface area contributed by atoms with Crippen molar-refractivity contribution in [1.82, 2.24) is 4.90 Å². The molecule has 2 amide bonds. The molecule has 1 N–H and O–H groups in total. The lowest BCUT2D eigenvalue weighted by Gasteiger charge is -2.14. The van der Waals surface area contributed by atoms with Gasteiger partial charge in [0.2, 0.25) is 11.8 Å². The van der Waals surface area contributed by atoms with Crippen molar-refractivity contribution in [3.63, 3.8) is 0 Å². The van der Waals surface area contributed by atoms with Crippen molar-refractivity contribution < 1.29 is 14.3 Å². The first kappa shape index (κ1) is 22.2. The highest BCUT2D eigenvalue weighted by atomic mass is 35.5. The van der Waals surface area contributed by atoms with Crippen molar-refractivity contribution in [1.29, 1.82) is 0 Å². The third kappa shape index (κ3) is 4.79. The molecule has 1 atom stereocenters. The maximum absolute atomic E-state index is 12.7. The quantitative estimate of drug-likeness (QED) is 0.713. The zero-order valence-electron chi connectivity index (χ0n) is 17.6. The van der Waals surface area contributed by atoms with Gasteiger partial charge >= 0.3 is 0 Å². The van der Waals surface area contributed by atoms with Gasteiger partial charge in [-0.05, 0) is 50.1 Å². The highest BCUT2D eigenvalue weighted by molar-refractivity contribution is 8.15. The number of nitrogens with one attached hydrogen (secondary N) is 1. The van der Waals surface area contributed by atoms with E-state index in [9.17, 15) is 9.59 Å². The van der Waals surface area contributed by atoms with Gasteiger partial charge in [-0.25, -0.2) is 4.99 Å². The average molecular weight is 446 g/mol. The summed E-state index contributed by atoms with van der Waals surface area (Å²) >= 11 is 7.33. The molecule has 30 heavy (non-hydrogen) atoms. The number of nitrogens with zero attached hydrogens (tertiary/aromatic N) is 2. The third-order valence-electron chi connectivity index (χ3n) is 4.81. The molecule has 1 aliphatic rings. The molecular weight excluding hydrogens is 422 g/mol. The number of hydrogen-bond acceptors (Lipinski definition) is 5. The van der Waals surface area contributed by atoms with Gasteiger partial charge in [0.05, 0.1) is 7.11 Å². The minimum absolute atomic E-state index is 0.0618. The Bertz CT molecular complexity index is 1020. The zero-order chi connectivity index (χ0) is 22.0. The number of ether oxygens (including phenoxy) is 1. The first-order valence-corrected chi connectivity index (χ1v) is 10.7. The minimum atomic E-state index is -0.537. The minimum Gasteiger partial charge on any atom is -0.494 e. The molecule has 0 aromatic heterocycles. The Kier molecular flexibility index (Phi) is 6.73. The molecule has 0 radical (unpaired) electrons. The fourth-order valence-corrected chi connectivity index (χ4v) is 4.70. The van der Waals surface area contributed by atoms with Crippen molar-refractivity contribution in [2.75, 3.05) is 19.5 Å². The number of halogens is 1. The van der Waals surface area contributed by atoms with E-state index in [1.807, 2.05) is 32.9 Å². The van der Waals surface area contributed by atoms with Crippen LogP contribution in [-0.2, 0) is 9.59 Å². The van der Waals surface area contributed by atoms with Crippen LogP contribution in [0.5, 0.6) is 5.75 Å². The number of aliphatic imine (C=N–C) groups is 1. The summed E-state index contributed by atoms with van der Waals surface area (Å²) < 4.78 is 5.32. The molecule has 1 aliphatic heterocycles. The lowest BCUT2D eigenvalue weighted by molar-refractivity contribution is -0.127. The van der Waals surface area contributed by atoms with Crippen molar-refractivity contribution in [3.05, 3.63) is 52.0 Å². The molecule has 8 heteroatoms. The Morgan fingerprint density at radius 2 is 1.90 bits per heavy atom. The highest BCUT2D eigenvalue weighted by Gasteiger charge is 2.37. The molecule has 2 aromatic rings. The lowest BCUT2D eigenvalue weighted by Crippen LogP contribution is -2.30. The second kappa shape index (κ2) is 9.10. The van der Waals surface area contributed by atoms with E-state index in [1.165, 1.54) is 16.7 Å². The molecule has 0 unspecified atom stereocenters. The Labute approximate surface area is 185 Å². The van der Waals surface area contributed by atoms with Crippen LogP contribution in [0, 0.1) is 20.8 Å². The average Bonchev–Trinajstić information content (AvgIpc) is 2.93. The van der Waals surface area contributed by atoms with Crippen LogP contribution >= 0.6 is 23.4 Å². The van der Waals surface area contributed by atoms with Crippen LogP contribution in [0.1, 0.15) is 23.1 Å². The van der Waals surface area contributed by atoms with Crippen molar-refractivity contribution >= 4 is 51.7 Å². The Hall–Kier alpha value is -2.51. The molecule has 0 saturated carbocycles. The van der Waals surface area contributed by atoms with Gasteiger partial charge in [0.15, 0.2) is 5.17 Å². The summed E-state index contributed by atoms with van der Waals surface area (Å²) in [6, 6.07) is 9.16. The summed E-state index contributed by atoms with van der Waals surface area (Å²) in [7, 11) is 3.20. The van der Waals surface area contributed by atoms with Gasteiger partial charge < -0.3 is 10.1 Å². The van der Waals surface area contributed by atoms with Crippen molar-refractivity contribution in [2.24, 2.45) is 4.99 Å². The number of carbonyl (C=O) groups is 2. The molecule has 0 aliphatic carbocycles. The van der Waals surface area contributed by atoms with Crippen LogP contribution in [0.4, 0.5) is 11.4 Å². The number of amides is 2. The van der Waals surface area contributed by atoms with Crippen LogP contribution in [0.15, 0.2) is 35.3 Å². The lowest BCUT2D eigenvalue weighted by atomic mass is 10.0. The van der Waals surface area contributed by atoms with Crippen LogP contribution in [0.2, 0.25) is 5.02 Å². The second-order valence-electron chi connectivity index (χ2n) is 7.24. The van der Waals surface area contributed by atoms with Gasteiger partial charge in [0, 0.05) is 24.2 Å². The number of benzene rings is 2. The van der Waals surface area contributed by atoms with Gasteiger partial charge in [0.1, 0.15) is 16.7 Å². The van der Waals surface area contributed by atoms with Crippen LogP contribution in [0.25, 0.3) is 0 Å². The van der Waals surface area contributed by atoms with E-state index >= 15 is 0 Å². The number of methoxy groups -OCH3 is 1.